The molecule has 31 heavy (non-hydrogen) atoms. The van der Waals surface area contributed by atoms with Crippen LogP contribution in [0.2, 0.25) is 0 Å². The second-order valence-corrected chi connectivity index (χ2v) is 9.51. The van der Waals surface area contributed by atoms with Gasteiger partial charge in [0, 0.05) is 28.3 Å². The summed E-state index contributed by atoms with van der Waals surface area (Å²) >= 11 is 3.50. The van der Waals surface area contributed by atoms with Gasteiger partial charge in [-0.3, -0.25) is 9.55 Å². The smallest absolute Gasteiger partial charge is 0.137 e. The Morgan fingerprint density at radius 2 is 1.65 bits per heavy atom. The van der Waals surface area contributed by atoms with Gasteiger partial charge in [-0.25, -0.2) is 4.98 Å². The number of ether oxygens (including phenoxy) is 1. The van der Waals surface area contributed by atoms with Gasteiger partial charge in [-0.05, 0) is 65.6 Å². The molecule has 0 aliphatic carbocycles. The van der Waals surface area contributed by atoms with Crippen molar-refractivity contribution in [2.45, 2.75) is 26.2 Å². The highest BCUT2D eigenvalue weighted by Crippen LogP contribution is 2.35. The molecule has 0 saturated heterocycles. The lowest BCUT2D eigenvalue weighted by Crippen LogP contribution is -2.12. The van der Waals surface area contributed by atoms with Crippen LogP contribution in [0.4, 0.5) is 0 Å². The molecule has 4 nitrogen and oxygen atoms in total. The Hall–Kier alpha value is -3.18. The average molecular weight is 472 g/mol. The SMILES string of the molecule is CC(C)(C)c1ccnc(-n2c3cc(Oc4cccc(Br)c4)ccc3c3ncccc32)c1. The van der Waals surface area contributed by atoms with Crippen LogP contribution in [0, 0.1) is 0 Å². The van der Waals surface area contributed by atoms with Crippen molar-refractivity contribution in [3.63, 3.8) is 0 Å². The summed E-state index contributed by atoms with van der Waals surface area (Å²) in [6, 6.07) is 22.2. The first-order chi connectivity index (χ1) is 14.9. The number of halogens is 1. The molecule has 0 fully saturated rings. The first-order valence-corrected chi connectivity index (χ1v) is 11.0. The largest absolute Gasteiger partial charge is 0.457 e. The van der Waals surface area contributed by atoms with E-state index in [2.05, 4.69) is 76.6 Å². The van der Waals surface area contributed by atoms with Gasteiger partial charge >= 0.3 is 0 Å². The van der Waals surface area contributed by atoms with Gasteiger partial charge in [-0.15, -0.1) is 0 Å². The molecule has 154 valence electrons. The molecule has 0 N–H and O–H groups in total. The second-order valence-electron chi connectivity index (χ2n) is 8.60. The van der Waals surface area contributed by atoms with Crippen LogP contribution >= 0.6 is 15.9 Å². The molecule has 0 amide bonds. The maximum atomic E-state index is 6.15. The van der Waals surface area contributed by atoms with Crippen LogP contribution in [-0.2, 0) is 5.41 Å². The summed E-state index contributed by atoms with van der Waals surface area (Å²) in [4.78, 5) is 9.37. The minimum atomic E-state index is 0.0314. The van der Waals surface area contributed by atoms with E-state index in [0.717, 1.165) is 43.7 Å². The number of hydrogen-bond donors (Lipinski definition) is 0. The summed E-state index contributed by atoms with van der Waals surface area (Å²) in [7, 11) is 0. The molecule has 5 heteroatoms. The van der Waals surface area contributed by atoms with E-state index >= 15 is 0 Å². The first-order valence-electron chi connectivity index (χ1n) is 10.2. The highest BCUT2D eigenvalue weighted by Gasteiger charge is 2.18. The summed E-state index contributed by atoms with van der Waals surface area (Å²) in [6.45, 7) is 6.64. The van der Waals surface area contributed by atoms with Gasteiger partial charge in [0.05, 0.1) is 16.6 Å². The van der Waals surface area contributed by atoms with Gasteiger partial charge in [0.25, 0.3) is 0 Å². The lowest BCUT2D eigenvalue weighted by Gasteiger charge is -2.20. The van der Waals surface area contributed by atoms with Gasteiger partial charge in [0.2, 0.25) is 0 Å². The average Bonchev–Trinajstić information content (AvgIpc) is 3.07. The van der Waals surface area contributed by atoms with E-state index in [-0.39, 0.29) is 5.41 Å². The Balaban J connectivity index is 1.72. The summed E-state index contributed by atoms with van der Waals surface area (Å²) < 4.78 is 9.29. The lowest BCUT2D eigenvalue weighted by molar-refractivity contribution is 0.483. The highest BCUT2D eigenvalue weighted by atomic mass is 79.9. The molecule has 0 radical (unpaired) electrons. The van der Waals surface area contributed by atoms with Crippen molar-refractivity contribution >= 4 is 37.9 Å². The highest BCUT2D eigenvalue weighted by molar-refractivity contribution is 9.10. The molecule has 2 aromatic carbocycles. The van der Waals surface area contributed by atoms with Crippen molar-refractivity contribution in [3.05, 3.63) is 89.2 Å². The van der Waals surface area contributed by atoms with Crippen molar-refractivity contribution in [2.75, 3.05) is 0 Å². The van der Waals surface area contributed by atoms with Crippen LogP contribution in [0.25, 0.3) is 27.8 Å². The number of benzene rings is 2. The third-order valence-corrected chi connectivity index (χ3v) is 5.86. The minimum Gasteiger partial charge on any atom is -0.457 e. The Kier molecular flexibility index (Phi) is 4.78. The third kappa shape index (κ3) is 3.70. The number of nitrogens with zero attached hydrogens (tertiary/aromatic N) is 3. The van der Waals surface area contributed by atoms with Gasteiger partial charge in [0.1, 0.15) is 17.3 Å². The molecule has 0 atom stereocenters. The predicted octanol–water partition coefficient (Wildman–Crippen LogP) is 7.43. The lowest BCUT2D eigenvalue weighted by atomic mass is 9.88. The van der Waals surface area contributed by atoms with Crippen LogP contribution < -0.4 is 4.74 Å². The van der Waals surface area contributed by atoms with E-state index < -0.39 is 0 Å². The van der Waals surface area contributed by atoms with E-state index in [9.17, 15) is 0 Å². The zero-order chi connectivity index (χ0) is 21.6. The van der Waals surface area contributed by atoms with Gasteiger partial charge < -0.3 is 4.74 Å². The zero-order valence-corrected chi connectivity index (χ0v) is 19.2. The fraction of sp³-hybridized carbons (Fsp3) is 0.154. The molecule has 0 unspecified atom stereocenters. The zero-order valence-electron chi connectivity index (χ0n) is 17.6. The van der Waals surface area contributed by atoms with E-state index in [0.29, 0.717) is 0 Å². The molecule has 0 spiro atoms. The normalized spacial score (nSPS) is 11.9. The predicted molar refractivity (Wildman–Crippen MR) is 129 cm³/mol. The van der Waals surface area contributed by atoms with E-state index in [1.807, 2.05) is 48.8 Å². The maximum absolute atomic E-state index is 6.15. The molecule has 5 aromatic rings. The van der Waals surface area contributed by atoms with E-state index in [1.54, 1.807) is 0 Å². The number of fused-ring (bicyclic) bond motifs is 3. The summed E-state index contributed by atoms with van der Waals surface area (Å²) in [6.07, 6.45) is 3.71. The Bertz CT molecular complexity index is 1420. The summed E-state index contributed by atoms with van der Waals surface area (Å²) in [5.74, 6) is 2.42. The molecule has 5 rings (SSSR count). The molecular formula is C26H22BrN3O. The van der Waals surface area contributed by atoms with Crippen molar-refractivity contribution in [2.24, 2.45) is 0 Å². The number of pyridine rings is 2. The van der Waals surface area contributed by atoms with Crippen LogP contribution in [-0.4, -0.2) is 14.5 Å². The number of hydrogen-bond acceptors (Lipinski definition) is 3. The number of rotatable bonds is 3. The van der Waals surface area contributed by atoms with E-state index in [1.165, 1.54) is 5.56 Å². The van der Waals surface area contributed by atoms with Crippen molar-refractivity contribution < 1.29 is 4.74 Å². The fourth-order valence-corrected chi connectivity index (χ4v) is 4.17. The van der Waals surface area contributed by atoms with Crippen LogP contribution in [0.15, 0.2) is 83.6 Å². The number of aromatic nitrogens is 3. The van der Waals surface area contributed by atoms with E-state index in [4.69, 9.17) is 9.72 Å². The van der Waals surface area contributed by atoms with Crippen LogP contribution in [0.1, 0.15) is 26.3 Å². The van der Waals surface area contributed by atoms with Crippen molar-refractivity contribution in [1.29, 1.82) is 0 Å². The fourth-order valence-electron chi connectivity index (χ4n) is 3.80. The Morgan fingerprint density at radius 3 is 2.45 bits per heavy atom. The third-order valence-electron chi connectivity index (χ3n) is 5.36. The molecule has 0 aliphatic heterocycles. The summed E-state index contributed by atoms with van der Waals surface area (Å²) in [5.41, 5.74) is 4.26. The monoisotopic (exact) mass is 471 g/mol. The Morgan fingerprint density at radius 1 is 0.806 bits per heavy atom. The molecule has 3 aromatic heterocycles. The van der Waals surface area contributed by atoms with Crippen LogP contribution in [0.3, 0.4) is 0 Å². The quantitative estimate of drug-likeness (QED) is 0.274. The molecule has 0 bridgehead atoms. The maximum Gasteiger partial charge on any atom is 0.137 e. The molecule has 3 heterocycles. The molecule has 0 aliphatic rings. The first kappa shape index (κ1) is 19.8. The Labute approximate surface area is 189 Å². The second kappa shape index (κ2) is 7.50. The van der Waals surface area contributed by atoms with Gasteiger partial charge in [0.15, 0.2) is 0 Å². The van der Waals surface area contributed by atoms with Crippen LogP contribution in [0.5, 0.6) is 11.5 Å². The standard InChI is InChI=1S/C26H22BrN3O/c1-26(2,3)17-11-13-28-24(14-17)30-22-8-5-12-29-25(22)21-10-9-20(16-23(21)30)31-19-7-4-6-18(27)15-19/h4-16H,1-3H3. The van der Waals surface area contributed by atoms with Gasteiger partial charge in [-0.2, -0.15) is 0 Å². The van der Waals surface area contributed by atoms with Crippen molar-refractivity contribution in [3.8, 4) is 17.3 Å². The summed E-state index contributed by atoms with van der Waals surface area (Å²) in [5, 5.41) is 1.07. The minimum absolute atomic E-state index is 0.0314. The molecule has 0 saturated carbocycles. The topological polar surface area (TPSA) is 39.9 Å². The molecular weight excluding hydrogens is 450 g/mol. The van der Waals surface area contributed by atoms with Crippen molar-refractivity contribution in [1.82, 2.24) is 14.5 Å². The van der Waals surface area contributed by atoms with Gasteiger partial charge in [-0.1, -0.05) is 42.8 Å².